The molecule has 1 N–H and O–H groups in total. The van der Waals surface area contributed by atoms with E-state index in [4.69, 9.17) is 12.2 Å². The molecule has 0 aliphatic carbocycles. The summed E-state index contributed by atoms with van der Waals surface area (Å²) in [5, 5.41) is 4.41. The Morgan fingerprint density at radius 3 is 2.58 bits per heavy atom. The highest BCUT2D eigenvalue weighted by Gasteiger charge is 2.27. The van der Waals surface area contributed by atoms with E-state index in [1.165, 1.54) is 0 Å². The molecular weight excluding hydrogens is 344 g/mol. The van der Waals surface area contributed by atoms with Gasteiger partial charge in [0.1, 0.15) is 0 Å². The van der Waals surface area contributed by atoms with Crippen LogP contribution in [0, 0.1) is 0 Å². The molecule has 0 atom stereocenters. The van der Waals surface area contributed by atoms with Gasteiger partial charge in [-0.05, 0) is 57.3 Å². The number of thiocarbonyl (C=S) groups is 1. The molecule has 26 heavy (non-hydrogen) atoms. The van der Waals surface area contributed by atoms with E-state index in [0.717, 1.165) is 61.3 Å². The van der Waals surface area contributed by atoms with Gasteiger partial charge in [0.2, 0.25) is 0 Å². The molecule has 4 rings (SSSR count). The maximum absolute atomic E-state index is 5.77. The first-order chi connectivity index (χ1) is 12.7. The molecule has 1 fully saturated rings. The van der Waals surface area contributed by atoms with Crippen LogP contribution >= 0.6 is 12.2 Å². The minimum absolute atomic E-state index is 0.462. The zero-order valence-corrected chi connectivity index (χ0v) is 15.8. The van der Waals surface area contributed by atoms with Gasteiger partial charge in [0.05, 0.1) is 17.6 Å². The number of hydrogen-bond donors (Lipinski definition) is 1. The molecule has 0 amide bonds. The van der Waals surface area contributed by atoms with Crippen LogP contribution in [0.4, 0.5) is 17.2 Å². The third-order valence-electron chi connectivity index (χ3n) is 5.13. The Hall–Kier alpha value is -2.25. The van der Waals surface area contributed by atoms with Crippen LogP contribution in [-0.4, -0.2) is 59.2 Å². The average molecular weight is 369 g/mol. The van der Waals surface area contributed by atoms with Crippen LogP contribution < -0.4 is 15.1 Å². The minimum Gasteiger partial charge on any atom is -0.359 e. The summed E-state index contributed by atoms with van der Waals surface area (Å²) in [4.78, 5) is 15.5. The van der Waals surface area contributed by atoms with Gasteiger partial charge in [-0.15, -0.1) is 0 Å². The molecule has 1 saturated heterocycles. The molecule has 3 heterocycles. The quantitative estimate of drug-likeness (QED) is 0.817. The fraction of sp³-hybridized carbons (Fsp3) is 0.421. The highest BCUT2D eigenvalue weighted by atomic mass is 32.1. The minimum atomic E-state index is 0.462. The van der Waals surface area contributed by atoms with Crippen molar-refractivity contribution in [2.24, 2.45) is 0 Å². The molecule has 0 spiro atoms. The Balaban J connectivity index is 1.53. The number of hydrogen-bond acceptors (Lipinski definition) is 5. The van der Waals surface area contributed by atoms with Crippen molar-refractivity contribution in [3.63, 3.8) is 0 Å². The zero-order chi connectivity index (χ0) is 17.9. The number of nitrogens with one attached hydrogen (secondary N) is 1. The lowest BCUT2D eigenvalue weighted by Crippen LogP contribution is -2.51. The van der Waals surface area contributed by atoms with Crippen LogP contribution in [0.2, 0.25) is 0 Å². The van der Waals surface area contributed by atoms with Crippen molar-refractivity contribution in [2.75, 3.05) is 43.0 Å². The fourth-order valence-electron chi connectivity index (χ4n) is 3.65. The van der Waals surface area contributed by atoms with E-state index in [1.807, 2.05) is 6.20 Å². The molecule has 136 valence electrons. The first kappa shape index (κ1) is 17.2. The molecule has 2 aliphatic rings. The van der Waals surface area contributed by atoms with Gasteiger partial charge in [0.25, 0.3) is 0 Å². The topological polar surface area (TPSA) is 47.5 Å². The Bertz CT molecular complexity index is 760. The summed E-state index contributed by atoms with van der Waals surface area (Å²) in [6.07, 6.45) is 7.51. The lowest BCUT2D eigenvalue weighted by molar-refractivity contribution is 0.247. The largest absolute Gasteiger partial charge is 0.359 e. The molecular formula is C19H24N6S. The number of likely N-dealkylation sites (tertiary alicyclic amines) is 1. The van der Waals surface area contributed by atoms with E-state index in [0.29, 0.717) is 6.04 Å². The van der Waals surface area contributed by atoms with Crippen molar-refractivity contribution in [3.8, 4) is 0 Å². The molecule has 0 saturated carbocycles. The van der Waals surface area contributed by atoms with Gasteiger partial charge in [-0.25, -0.2) is 4.98 Å². The molecule has 0 unspecified atom stereocenters. The summed E-state index contributed by atoms with van der Waals surface area (Å²) in [5.41, 5.74) is 2.24. The van der Waals surface area contributed by atoms with E-state index in [-0.39, 0.29) is 0 Å². The lowest BCUT2D eigenvalue weighted by atomic mass is 10.1. The van der Waals surface area contributed by atoms with Crippen molar-refractivity contribution < 1.29 is 0 Å². The Labute approximate surface area is 159 Å². The van der Waals surface area contributed by atoms with E-state index < -0.39 is 0 Å². The van der Waals surface area contributed by atoms with Crippen molar-refractivity contribution in [2.45, 2.75) is 18.9 Å². The van der Waals surface area contributed by atoms with E-state index in [1.54, 1.807) is 12.4 Å². The van der Waals surface area contributed by atoms with Gasteiger partial charge in [-0.2, -0.15) is 0 Å². The number of nitrogens with zero attached hydrogens (tertiary/aromatic N) is 5. The van der Waals surface area contributed by atoms with E-state index in [2.05, 4.69) is 61.3 Å². The molecule has 0 radical (unpaired) electrons. The van der Waals surface area contributed by atoms with Gasteiger partial charge in [0, 0.05) is 31.5 Å². The highest BCUT2D eigenvalue weighted by Crippen LogP contribution is 2.36. The van der Waals surface area contributed by atoms with Gasteiger partial charge < -0.3 is 20.0 Å². The van der Waals surface area contributed by atoms with Crippen LogP contribution in [0.3, 0.4) is 0 Å². The fourth-order valence-corrected chi connectivity index (χ4v) is 4.00. The van der Waals surface area contributed by atoms with Gasteiger partial charge in [0.15, 0.2) is 10.9 Å². The van der Waals surface area contributed by atoms with Crippen molar-refractivity contribution in [3.05, 3.63) is 42.9 Å². The number of benzene rings is 1. The van der Waals surface area contributed by atoms with Crippen molar-refractivity contribution in [1.82, 2.24) is 20.2 Å². The molecule has 1 aromatic carbocycles. The molecule has 2 aliphatic heterocycles. The molecule has 1 aromatic heterocycles. The number of piperidine rings is 1. The number of rotatable bonds is 2. The predicted molar refractivity (Wildman–Crippen MR) is 109 cm³/mol. The van der Waals surface area contributed by atoms with Crippen LogP contribution in [-0.2, 0) is 0 Å². The second kappa shape index (κ2) is 7.55. The monoisotopic (exact) mass is 368 g/mol. The number of anilines is 3. The lowest BCUT2D eigenvalue weighted by Gasteiger charge is -2.39. The molecule has 6 nitrogen and oxygen atoms in total. The molecule has 7 heteroatoms. The van der Waals surface area contributed by atoms with Gasteiger partial charge >= 0.3 is 0 Å². The molecule has 2 aromatic rings. The normalized spacial score (nSPS) is 18.5. The summed E-state index contributed by atoms with van der Waals surface area (Å²) < 4.78 is 0. The number of aromatic nitrogens is 2. The van der Waals surface area contributed by atoms with Crippen molar-refractivity contribution >= 4 is 34.5 Å². The maximum Gasteiger partial charge on any atom is 0.173 e. The smallest absolute Gasteiger partial charge is 0.173 e. The Morgan fingerprint density at radius 2 is 1.85 bits per heavy atom. The molecule has 0 bridgehead atoms. The zero-order valence-electron chi connectivity index (χ0n) is 15.0. The number of para-hydroxylation sites is 2. The summed E-state index contributed by atoms with van der Waals surface area (Å²) >= 11 is 5.77. The Kier molecular flexibility index (Phi) is 4.99. The predicted octanol–water partition coefficient (Wildman–Crippen LogP) is 2.40. The number of fused-ring (bicyclic) bond motifs is 1. The summed E-state index contributed by atoms with van der Waals surface area (Å²) in [5.74, 6) is 0.869. The maximum atomic E-state index is 5.77. The third kappa shape index (κ3) is 3.50. The van der Waals surface area contributed by atoms with Crippen LogP contribution in [0.25, 0.3) is 0 Å². The first-order valence-corrected chi connectivity index (χ1v) is 9.52. The first-order valence-electron chi connectivity index (χ1n) is 9.11. The van der Waals surface area contributed by atoms with E-state index in [9.17, 15) is 0 Å². The van der Waals surface area contributed by atoms with Gasteiger partial charge in [-0.1, -0.05) is 12.1 Å². The van der Waals surface area contributed by atoms with Crippen LogP contribution in [0.1, 0.15) is 12.8 Å². The summed E-state index contributed by atoms with van der Waals surface area (Å²) in [6.45, 7) is 3.89. The van der Waals surface area contributed by atoms with Crippen molar-refractivity contribution in [1.29, 1.82) is 0 Å². The summed E-state index contributed by atoms with van der Waals surface area (Å²) in [6, 6.07) is 8.82. The highest BCUT2D eigenvalue weighted by molar-refractivity contribution is 7.80. The summed E-state index contributed by atoms with van der Waals surface area (Å²) in [7, 11) is 2.18. The third-order valence-corrected chi connectivity index (χ3v) is 5.47. The second-order valence-corrected chi connectivity index (χ2v) is 7.27. The van der Waals surface area contributed by atoms with Gasteiger partial charge in [-0.3, -0.25) is 4.98 Å². The average Bonchev–Trinajstić information content (AvgIpc) is 2.69. The Morgan fingerprint density at radius 1 is 1.08 bits per heavy atom. The SMILES string of the molecule is CN1CCC(NC(=S)N2CCN(c3cnccn3)c3ccccc32)CC1. The second-order valence-electron chi connectivity index (χ2n) is 6.88. The van der Waals surface area contributed by atoms with Crippen LogP contribution in [0.5, 0.6) is 0 Å². The van der Waals surface area contributed by atoms with Crippen LogP contribution in [0.15, 0.2) is 42.9 Å². The van der Waals surface area contributed by atoms with E-state index >= 15 is 0 Å². The standard InChI is InChI=1S/C19H24N6S/c1-23-10-6-15(7-11-23)22-19(26)25-13-12-24(18-14-20-8-9-21-18)16-4-2-3-5-17(16)25/h2-5,8-9,14-15H,6-7,10-13H2,1H3,(H,22,26).